The van der Waals surface area contributed by atoms with E-state index in [0.29, 0.717) is 0 Å². The molecule has 0 N–H and O–H groups in total. The summed E-state index contributed by atoms with van der Waals surface area (Å²) >= 11 is 0. The van der Waals surface area contributed by atoms with Crippen molar-refractivity contribution in [1.29, 1.82) is 0 Å². The Morgan fingerprint density at radius 1 is 0.382 bits per heavy atom. The molecule has 0 aromatic heterocycles. The van der Waals surface area contributed by atoms with Gasteiger partial charge in [0.15, 0.2) is 0 Å². The van der Waals surface area contributed by atoms with Crippen LogP contribution in [-0.4, -0.2) is 5.29 Å². The molecule has 0 aliphatic heterocycles. The van der Waals surface area contributed by atoms with Crippen molar-refractivity contribution < 1.29 is 0 Å². The molecule has 0 bridgehead atoms. The van der Waals surface area contributed by atoms with Gasteiger partial charge < -0.3 is 0 Å². The lowest BCUT2D eigenvalue weighted by molar-refractivity contribution is 1.46. The summed E-state index contributed by atoms with van der Waals surface area (Å²) in [5.41, 5.74) is 8.06. The number of hydrogen-bond donors (Lipinski definition) is 0. The third kappa shape index (κ3) is 3.14. The summed E-state index contributed by atoms with van der Waals surface area (Å²) in [6, 6.07) is 47.5. The van der Waals surface area contributed by atoms with Crippen LogP contribution in [0, 0.1) is 13.8 Å². The number of hydrogen-bond acceptors (Lipinski definition) is 0. The Morgan fingerprint density at radius 2 is 0.735 bits per heavy atom. The Hall–Kier alpha value is -3.60. The summed E-state index contributed by atoms with van der Waals surface area (Å²) in [6.07, 6.45) is 0. The SMILES string of the molecule is Cc1ccc2c(c1)C(=P(c1ccccc1)(c1ccccc1)c1ccccc1)c1cc(C)ccc1-2. The summed E-state index contributed by atoms with van der Waals surface area (Å²) in [4.78, 5) is 0. The van der Waals surface area contributed by atoms with Crippen LogP contribution in [0.2, 0.25) is 0 Å². The molecule has 5 aromatic rings. The predicted molar refractivity (Wildman–Crippen MR) is 150 cm³/mol. The van der Waals surface area contributed by atoms with Crippen LogP contribution in [-0.2, 0) is 0 Å². The Labute approximate surface area is 202 Å². The molecule has 34 heavy (non-hydrogen) atoms. The van der Waals surface area contributed by atoms with Gasteiger partial charge in [0, 0.05) is 5.29 Å². The van der Waals surface area contributed by atoms with Gasteiger partial charge in [-0.15, -0.1) is 0 Å². The van der Waals surface area contributed by atoms with Crippen molar-refractivity contribution in [2.24, 2.45) is 0 Å². The van der Waals surface area contributed by atoms with Crippen LogP contribution in [0.25, 0.3) is 11.1 Å². The van der Waals surface area contributed by atoms with E-state index >= 15 is 0 Å². The van der Waals surface area contributed by atoms with Crippen LogP contribution in [0.4, 0.5) is 0 Å². The van der Waals surface area contributed by atoms with E-state index < -0.39 is 6.89 Å². The molecule has 0 radical (unpaired) electrons. The first-order chi connectivity index (χ1) is 16.7. The number of benzene rings is 5. The summed E-state index contributed by atoms with van der Waals surface area (Å²) in [5.74, 6) is 0. The molecular weight excluding hydrogens is 427 g/mol. The van der Waals surface area contributed by atoms with E-state index in [0.717, 1.165) is 0 Å². The molecule has 0 atom stereocenters. The largest absolute Gasteiger partial charge is 0.0622 e. The molecule has 0 heterocycles. The zero-order valence-electron chi connectivity index (χ0n) is 19.6. The first-order valence-electron chi connectivity index (χ1n) is 11.9. The van der Waals surface area contributed by atoms with Crippen molar-refractivity contribution in [3.8, 4) is 11.1 Å². The van der Waals surface area contributed by atoms with Gasteiger partial charge in [0.2, 0.25) is 0 Å². The van der Waals surface area contributed by atoms with Crippen LogP contribution < -0.4 is 15.9 Å². The summed E-state index contributed by atoms with van der Waals surface area (Å²) in [7, 11) is 0. The molecule has 0 fully saturated rings. The first kappa shape index (κ1) is 21.0. The topological polar surface area (TPSA) is 0 Å². The molecule has 1 heteroatoms. The lowest BCUT2D eigenvalue weighted by Crippen LogP contribution is -2.30. The standard InChI is InChI=1S/C33H27P/c1-24-18-20-29-30-21-19-25(2)23-32(30)33(31(29)22-24)34(26-12-6-3-7-13-26,27-14-8-4-9-15-27)28-16-10-5-11-17-28/h3-23H,1-2H3. The van der Waals surface area contributed by atoms with Gasteiger partial charge in [0.05, 0.1) is 0 Å². The van der Waals surface area contributed by atoms with E-state index in [-0.39, 0.29) is 0 Å². The Bertz CT molecular complexity index is 1390. The van der Waals surface area contributed by atoms with Crippen LogP contribution in [0.1, 0.15) is 22.3 Å². The Morgan fingerprint density at radius 3 is 1.09 bits per heavy atom. The second kappa shape index (κ2) is 8.32. The maximum Gasteiger partial charge on any atom is 0.000254 e. The van der Waals surface area contributed by atoms with Crippen molar-refractivity contribution in [2.75, 3.05) is 0 Å². The molecule has 1 aliphatic carbocycles. The number of aryl methyl sites for hydroxylation is 2. The lowest BCUT2D eigenvalue weighted by Gasteiger charge is -2.32. The summed E-state index contributed by atoms with van der Waals surface area (Å²) < 4.78 is 0. The first-order valence-corrected chi connectivity index (χ1v) is 13.6. The number of fused-ring (bicyclic) bond motifs is 3. The molecule has 164 valence electrons. The summed E-state index contributed by atoms with van der Waals surface area (Å²) in [5, 5.41) is 5.66. The quantitative estimate of drug-likeness (QED) is 0.257. The smallest absolute Gasteiger partial charge is 0.000254 e. The average molecular weight is 455 g/mol. The molecule has 0 spiro atoms. The van der Waals surface area contributed by atoms with E-state index in [1.54, 1.807) is 0 Å². The lowest BCUT2D eigenvalue weighted by atomic mass is 10.0. The molecule has 0 saturated carbocycles. The van der Waals surface area contributed by atoms with Crippen molar-refractivity contribution >= 4 is 28.1 Å². The second-order valence-electron chi connectivity index (χ2n) is 9.12. The molecule has 6 rings (SSSR count). The van der Waals surface area contributed by atoms with Gasteiger partial charge in [-0.3, -0.25) is 0 Å². The van der Waals surface area contributed by atoms with Gasteiger partial charge in [-0.1, -0.05) is 139 Å². The fourth-order valence-corrected chi connectivity index (χ4v) is 10.1. The average Bonchev–Trinajstić information content (AvgIpc) is 3.19. The van der Waals surface area contributed by atoms with E-state index in [1.807, 2.05) is 0 Å². The van der Waals surface area contributed by atoms with Gasteiger partial charge in [0.1, 0.15) is 0 Å². The van der Waals surface area contributed by atoms with E-state index in [9.17, 15) is 0 Å². The zero-order valence-corrected chi connectivity index (χ0v) is 20.5. The Balaban J connectivity index is 1.94. The molecule has 5 aromatic carbocycles. The third-order valence-electron chi connectivity index (χ3n) is 6.92. The minimum Gasteiger partial charge on any atom is -0.0622 e. The highest BCUT2D eigenvalue weighted by Gasteiger charge is 2.36. The highest BCUT2D eigenvalue weighted by Crippen LogP contribution is 2.54. The third-order valence-corrected chi connectivity index (χ3v) is 11.3. The van der Waals surface area contributed by atoms with Gasteiger partial charge in [-0.05, 0) is 58.9 Å². The zero-order chi connectivity index (χ0) is 23.1. The van der Waals surface area contributed by atoms with Crippen LogP contribution in [0.3, 0.4) is 0 Å². The van der Waals surface area contributed by atoms with E-state index in [1.165, 1.54) is 54.6 Å². The maximum absolute atomic E-state index is 2.41. The highest BCUT2D eigenvalue weighted by atomic mass is 31.2. The monoisotopic (exact) mass is 454 g/mol. The van der Waals surface area contributed by atoms with Crippen molar-refractivity contribution in [2.45, 2.75) is 13.8 Å². The molecule has 0 amide bonds. The van der Waals surface area contributed by atoms with Crippen molar-refractivity contribution in [3.05, 3.63) is 150 Å². The molecule has 0 saturated heterocycles. The minimum absolute atomic E-state index is 1.30. The highest BCUT2D eigenvalue weighted by molar-refractivity contribution is 7.96. The van der Waals surface area contributed by atoms with Crippen molar-refractivity contribution in [1.82, 2.24) is 0 Å². The molecule has 1 aliphatic rings. The van der Waals surface area contributed by atoms with Gasteiger partial charge in [0.25, 0.3) is 0 Å². The normalized spacial score (nSPS) is 12.4. The molecular formula is C33H27P. The van der Waals surface area contributed by atoms with Crippen LogP contribution >= 0.6 is 6.89 Å². The summed E-state index contributed by atoms with van der Waals surface area (Å²) in [6.45, 7) is 2.23. The minimum atomic E-state index is -2.19. The van der Waals surface area contributed by atoms with E-state index in [2.05, 4.69) is 141 Å². The predicted octanol–water partition coefficient (Wildman–Crippen LogP) is 6.85. The van der Waals surface area contributed by atoms with Crippen LogP contribution in [0.5, 0.6) is 0 Å². The van der Waals surface area contributed by atoms with Crippen molar-refractivity contribution in [3.63, 3.8) is 0 Å². The number of rotatable bonds is 3. The fraction of sp³-hybridized carbons (Fsp3) is 0.0606. The van der Waals surface area contributed by atoms with Gasteiger partial charge >= 0.3 is 0 Å². The second-order valence-corrected chi connectivity index (χ2v) is 12.5. The van der Waals surface area contributed by atoms with Gasteiger partial charge in [-0.2, -0.15) is 0 Å². The molecule has 0 unspecified atom stereocenters. The molecule has 0 nitrogen and oxygen atoms in total. The van der Waals surface area contributed by atoms with E-state index in [4.69, 9.17) is 0 Å². The Kier molecular flexibility index (Phi) is 5.13. The maximum atomic E-state index is 2.41. The van der Waals surface area contributed by atoms with Crippen LogP contribution in [0.15, 0.2) is 127 Å². The fourth-order valence-electron chi connectivity index (χ4n) is 5.47. The van der Waals surface area contributed by atoms with Gasteiger partial charge in [-0.25, -0.2) is 0 Å².